The number of carbonyl (C=O) groups excluding carboxylic acids is 4. The van der Waals surface area contributed by atoms with Crippen molar-refractivity contribution in [2.24, 2.45) is 11.3 Å². The lowest BCUT2D eigenvalue weighted by molar-refractivity contribution is -0.200. The lowest BCUT2D eigenvalue weighted by Crippen LogP contribution is -2.70. The third-order valence-electron chi connectivity index (χ3n) is 13.4. The summed E-state index contributed by atoms with van der Waals surface area (Å²) >= 11 is 6.59. The molecule has 1 unspecified atom stereocenters. The summed E-state index contributed by atoms with van der Waals surface area (Å²) < 4.78 is 39.7. The summed E-state index contributed by atoms with van der Waals surface area (Å²) in [5.74, 6) is -3.86. The molecule has 5 aliphatic heterocycles. The van der Waals surface area contributed by atoms with Crippen LogP contribution in [0.1, 0.15) is 72.7 Å². The Morgan fingerprint density at radius 1 is 0.938 bits per heavy atom. The van der Waals surface area contributed by atoms with Crippen LogP contribution in [-0.4, -0.2) is 126 Å². The van der Waals surface area contributed by atoms with Crippen LogP contribution in [0.2, 0.25) is 5.02 Å². The van der Waals surface area contributed by atoms with Crippen molar-refractivity contribution in [3.63, 3.8) is 0 Å². The van der Waals surface area contributed by atoms with Crippen molar-refractivity contribution < 1.29 is 32.7 Å². The molecule has 2 aromatic heterocycles. The molecule has 1 spiro atoms. The largest absolute Gasteiger partial charge is 0.487 e. The van der Waals surface area contributed by atoms with E-state index in [0.29, 0.717) is 74.3 Å². The molecule has 7 heterocycles. The Morgan fingerprint density at radius 2 is 1.70 bits per heavy atom. The van der Waals surface area contributed by atoms with Crippen molar-refractivity contribution in [1.82, 2.24) is 35.0 Å². The maximum absolute atomic E-state index is 16.1. The van der Waals surface area contributed by atoms with Crippen LogP contribution < -0.4 is 36.0 Å². The number of piperidine rings is 3. The number of amides is 4. The van der Waals surface area contributed by atoms with Crippen LogP contribution in [0.5, 0.6) is 5.75 Å². The van der Waals surface area contributed by atoms with E-state index in [2.05, 4.69) is 30.7 Å². The first-order valence-corrected chi connectivity index (χ1v) is 22.2. The molecule has 1 atom stereocenters. The summed E-state index contributed by atoms with van der Waals surface area (Å²) in [6, 6.07) is 10.8. The number of carbonyl (C=O) groups is 4. The van der Waals surface area contributed by atoms with Crippen LogP contribution in [0.3, 0.4) is 0 Å². The van der Waals surface area contributed by atoms with Gasteiger partial charge in [0, 0.05) is 75.0 Å². The molecule has 19 heteroatoms. The first-order chi connectivity index (χ1) is 30.6. The highest BCUT2D eigenvalue weighted by molar-refractivity contribution is 6.33. The van der Waals surface area contributed by atoms with Gasteiger partial charge in [-0.15, -0.1) is 0 Å². The van der Waals surface area contributed by atoms with Gasteiger partial charge in [-0.1, -0.05) is 11.6 Å². The maximum atomic E-state index is 16.1. The minimum atomic E-state index is -2.99. The van der Waals surface area contributed by atoms with Crippen LogP contribution in [0.4, 0.5) is 31.9 Å². The van der Waals surface area contributed by atoms with E-state index in [9.17, 15) is 24.0 Å². The number of likely N-dealkylation sites (tertiary alicyclic amines) is 1. The Labute approximate surface area is 373 Å². The molecule has 2 aromatic carbocycles. The number of alkyl halides is 2. The summed E-state index contributed by atoms with van der Waals surface area (Å²) in [4.78, 5) is 79.9. The molecule has 0 aliphatic carbocycles. The minimum Gasteiger partial charge on any atom is -0.487 e. The smallest absolute Gasteiger partial charge is 0.293 e. The predicted octanol–water partition coefficient (Wildman–Crippen LogP) is 4.83. The fraction of sp³-hybridized carbons (Fsp3) is 0.489. The molecule has 4 aromatic rings. The fourth-order valence-corrected chi connectivity index (χ4v) is 10.1. The van der Waals surface area contributed by atoms with E-state index in [1.165, 1.54) is 12.1 Å². The molecule has 3 N–H and O–H groups in total. The number of aromatic nitrogens is 3. The third-order valence-corrected chi connectivity index (χ3v) is 13.7. The van der Waals surface area contributed by atoms with E-state index in [-0.39, 0.29) is 47.7 Å². The summed E-state index contributed by atoms with van der Waals surface area (Å²) in [5, 5.41) is 9.72. The number of pyridine rings is 1. The van der Waals surface area contributed by atoms with E-state index in [0.717, 1.165) is 40.9 Å². The predicted molar refractivity (Wildman–Crippen MR) is 237 cm³/mol. The second-order valence-electron chi connectivity index (χ2n) is 17.9. The highest BCUT2D eigenvalue weighted by Gasteiger charge is 2.62. The van der Waals surface area contributed by atoms with Crippen molar-refractivity contribution in [1.29, 1.82) is 0 Å². The lowest BCUT2D eigenvalue weighted by Gasteiger charge is -2.58. The number of rotatable bonds is 12. The van der Waals surface area contributed by atoms with Gasteiger partial charge in [0.05, 0.1) is 34.8 Å². The van der Waals surface area contributed by atoms with Crippen molar-refractivity contribution >= 4 is 69.3 Å². The summed E-state index contributed by atoms with van der Waals surface area (Å²) in [7, 11) is 1.82. The van der Waals surface area contributed by atoms with Gasteiger partial charge >= 0.3 is 0 Å². The number of anilines is 4. The minimum absolute atomic E-state index is 0.00704. The zero-order chi connectivity index (χ0) is 45.1. The van der Waals surface area contributed by atoms with Crippen LogP contribution in [-0.2, 0) is 9.59 Å². The van der Waals surface area contributed by atoms with Crippen molar-refractivity contribution in [3.05, 3.63) is 75.2 Å². The van der Waals surface area contributed by atoms with Crippen LogP contribution in [0.15, 0.2) is 53.5 Å². The SMILES string of the molecule is CNCCOc1cc2cc(Nc3nc(N4CCC(CN5CC6(CCN(c7ccc8c(c7)C(=O)N(C7CCC(=O)NC7=O)C8=O)CC6(F)F)C5)CC4)ncc3Cl)ccc2n(C(C)C)c1=O. The summed E-state index contributed by atoms with van der Waals surface area (Å²) in [6.45, 7) is 7.47. The van der Waals surface area contributed by atoms with Gasteiger partial charge in [0.1, 0.15) is 17.7 Å². The zero-order valence-corrected chi connectivity index (χ0v) is 36.7. The van der Waals surface area contributed by atoms with Crippen LogP contribution in [0, 0.1) is 11.3 Å². The van der Waals surface area contributed by atoms with E-state index in [1.807, 2.05) is 39.1 Å². The molecule has 5 aliphatic rings. The standard InChI is InChI=1S/C45H51ClF2N10O6/c1-26(2)57-34-7-4-29(18-28(34)19-36(42(57)63)64-17-13-49-3)51-38-33(46)21-50-43(53-38)55-14-10-27(11-15-55)22-54-23-44(24-54)12-16-56(25-45(44,47)48)30-5-6-31-32(20-30)41(62)58(40(31)61)35-8-9-37(59)52-39(35)60/h4-7,18-21,26-27,35,49H,8-17,22-25H2,1-3H3,(H,50,51,53)(H,52,59,60). The summed E-state index contributed by atoms with van der Waals surface area (Å²) in [6.07, 6.45) is 3.60. The molecule has 4 fully saturated rings. The third kappa shape index (κ3) is 7.93. The molecule has 9 rings (SSSR count). The van der Waals surface area contributed by atoms with Crippen LogP contribution in [0.25, 0.3) is 10.9 Å². The molecule has 4 amide bonds. The average Bonchev–Trinajstić information content (AvgIpc) is 3.49. The second-order valence-corrected chi connectivity index (χ2v) is 18.3. The molecule has 338 valence electrons. The summed E-state index contributed by atoms with van der Waals surface area (Å²) in [5.41, 5.74) is 0.792. The maximum Gasteiger partial charge on any atom is 0.293 e. The monoisotopic (exact) mass is 900 g/mol. The Balaban J connectivity index is 0.786. The number of hydrogen-bond donors (Lipinski definition) is 3. The van der Waals surface area contributed by atoms with Gasteiger partial charge in [-0.2, -0.15) is 4.98 Å². The molecular weight excluding hydrogens is 850 g/mol. The molecule has 16 nitrogen and oxygen atoms in total. The quantitative estimate of drug-likeness (QED) is 0.131. The van der Waals surface area contributed by atoms with Crippen LogP contribution >= 0.6 is 11.6 Å². The number of likely N-dealkylation sites (N-methyl/N-ethyl adjacent to an activating group) is 1. The van der Waals surface area contributed by atoms with E-state index < -0.39 is 47.6 Å². The van der Waals surface area contributed by atoms with Crippen molar-refractivity contribution in [2.75, 3.05) is 81.1 Å². The number of imide groups is 2. The number of fused-ring (bicyclic) bond motifs is 2. The molecule has 4 saturated heterocycles. The number of nitrogens with zero attached hydrogens (tertiary/aromatic N) is 7. The molecule has 64 heavy (non-hydrogen) atoms. The number of ether oxygens (including phenoxy) is 1. The molecule has 0 radical (unpaired) electrons. The van der Waals surface area contributed by atoms with Crippen molar-refractivity contribution in [2.45, 2.75) is 64.0 Å². The topological polar surface area (TPSA) is 174 Å². The van der Waals surface area contributed by atoms with Crippen molar-refractivity contribution in [3.8, 4) is 5.75 Å². The highest BCUT2D eigenvalue weighted by atomic mass is 35.5. The second kappa shape index (κ2) is 17.0. The molecular formula is C45H51ClF2N10O6. The average molecular weight is 901 g/mol. The first kappa shape index (κ1) is 43.5. The Hall–Kier alpha value is -5.72. The van der Waals surface area contributed by atoms with E-state index in [1.54, 1.807) is 27.8 Å². The Bertz CT molecular complexity index is 2590. The highest BCUT2D eigenvalue weighted by Crippen LogP contribution is 2.51. The van der Waals surface area contributed by atoms with Gasteiger partial charge in [-0.05, 0) is 95.0 Å². The lowest BCUT2D eigenvalue weighted by atomic mass is 9.68. The van der Waals surface area contributed by atoms with Gasteiger partial charge in [-0.25, -0.2) is 13.8 Å². The Morgan fingerprint density at radius 3 is 2.42 bits per heavy atom. The zero-order valence-electron chi connectivity index (χ0n) is 36.0. The van der Waals surface area contributed by atoms with Gasteiger partial charge in [0.15, 0.2) is 11.6 Å². The van der Waals surface area contributed by atoms with Gasteiger partial charge in [0.25, 0.3) is 23.3 Å². The molecule has 0 saturated carbocycles. The number of nitrogens with one attached hydrogen (secondary N) is 3. The fourth-order valence-electron chi connectivity index (χ4n) is 9.92. The van der Waals surface area contributed by atoms with E-state index in [4.69, 9.17) is 21.3 Å². The number of halogens is 3. The number of benzene rings is 2. The van der Waals surface area contributed by atoms with Gasteiger partial charge < -0.3 is 34.6 Å². The normalized spacial score (nSPS) is 21.2. The Kier molecular flexibility index (Phi) is 11.6. The molecule has 0 bridgehead atoms. The van der Waals surface area contributed by atoms with Gasteiger partial charge in [-0.3, -0.25) is 34.2 Å². The number of hydrogen-bond acceptors (Lipinski definition) is 13. The first-order valence-electron chi connectivity index (χ1n) is 21.9. The van der Waals surface area contributed by atoms with E-state index >= 15 is 8.78 Å². The van der Waals surface area contributed by atoms with Gasteiger partial charge in [0.2, 0.25) is 17.8 Å².